The molecule has 4 aromatic rings. The van der Waals surface area contributed by atoms with Gasteiger partial charge in [0.25, 0.3) is 5.91 Å². The van der Waals surface area contributed by atoms with Crippen molar-refractivity contribution >= 4 is 52.0 Å². The number of nitrogens with one attached hydrogen (secondary N) is 2. The molecule has 2 aromatic heterocycles. The lowest BCUT2D eigenvalue weighted by atomic mass is 10.2. The minimum absolute atomic E-state index is 0.262. The third kappa shape index (κ3) is 4.18. The summed E-state index contributed by atoms with van der Waals surface area (Å²) >= 11 is 7.49. The lowest BCUT2D eigenvalue weighted by Crippen LogP contribution is -2.15. The van der Waals surface area contributed by atoms with E-state index >= 15 is 0 Å². The van der Waals surface area contributed by atoms with E-state index < -0.39 is 5.82 Å². The van der Waals surface area contributed by atoms with Crippen molar-refractivity contribution in [3.05, 3.63) is 77.5 Å². The van der Waals surface area contributed by atoms with Crippen molar-refractivity contribution in [2.45, 2.75) is 4.90 Å². The Balaban J connectivity index is 1.47. The Hall–Kier alpha value is -3.10. The van der Waals surface area contributed by atoms with Gasteiger partial charge in [0.1, 0.15) is 11.5 Å². The van der Waals surface area contributed by atoms with Gasteiger partial charge < -0.3 is 9.88 Å². The second kappa shape index (κ2) is 8.10. The normalized spacial score (nSPS) is 10.9. The molecular weight excluding hydrogens is 413 g/mol. The van der Waals surface area contributed by atoms with Gasteiger partial charge in [0.15, 0.2) is 0 Å². The van der Waals surface area contributed by atoms with Crippen molar-refractivity contribution in [1.29, 1.82) is 0 Å². The molecule has 0 radical (unpaired) electrons. The smallest absolute Gasteiger partial charge is 0.272 e. The topological polar surface area (TPSA) is 71.8 Å². The van der Waals surface area contributed by atoms with Crippen molar-refractivity contribution in [2.24, 2.45) is 7.05 Å². The highest BCUT2D eigenvalue weighted by Crippen LogP contribution is 2.28. The number of aryl methyl sites for hydroxylation is 1. The Morgan fingerprint density at radius 3 is 2.59 bits per heavy atom. The van der Waals surface area contributed by atoms with Crippen molar-refractivity contribution in [2.75, 3.05) is 10.0 Å². The molecule has 9 heteroatoms. The predicted molar refractivity (Wildman–Crippen MR) is 114 cm³/mol. The number of halogens is 2. The zero-order valence-corrected chi connectivity index (χ0v) is 16.8. The van der Waals surface area contributed by atoms with E-state index in [4.69, 9.17) is 11.6 Å². The molecular formula is C20H15ClFN5OS. The quantitative estimate of drug-likeness (QED) is 0.432. The van der Waals surface area contributed by atoms with Crippen molar-refractivity contribution in [1.82, 2.24) is 14.5 Å². The van der Waals surface area contributed by atoms with Crippen LogP contribution < -0.4 is 10.0 Å². The van der Waals surface area contributed by atoms with E-state index in [2.05, 4.69) is 20.0 Å². The monoisotopic (exact) mass is 427 g/mol. The maximum absolute atomic E-state index is 13.6. The lowest BCUT2D eigenvalue weighted by Gasteiger charge is -2.08. The minimum atomic E-state index is -0.442. The molecule has 0 atom stereocenters. The molecule has 0 aliphatic heterocycles. The molecule has 0 unspecified atom stereocenters. The number of hydrogen-bond donors (Lipinski definition) is 2. The molecule has 146 valence electrons. The fraction of sp³-hybridized carbons (Fsp3) is 0.0500. The Labute approximate surface area is 175 Å². The second-order valence-corrected chi connectivity index (χ2v) is 7.46. The minimum Gasteiger partial charge on any atom is -0.338 e. The van der Waals surface area contributed by atoms with Crippen LogP contribution in [0.15, 0.2) is 65.8 Å². The zero-order valence-electron chi connectivity index (χ0n) is 15.2. The first-order valence-electron chi connectivity index (χ1n) is 8.57. The van der Waals surface area contributed by atoms with Crippen LogP contribution in [0.25, 0.3) is 10.9 Å². The average Bonchev–Trinajstić information content (AvgIpc) is 3.05. The van der Waals surface area contributed by atoms with Crippen LogP contribution in [-0.4, -0.2) is 20.4 Å². The number of carbonyl (C=O) groups excluding carboxylic acids is 1. The van der Waals surface area contributed by atoms with E-state index in [0.29, 0.717) is 28.2 Å². The Kier molecular flexibility index (Phi) is 5.37. The number of amides is 1. The Morgan fingerprint density at radius 2 is 1.86 bits per heavy atom. The number of hydrogen-bond acceptors (Lipinski definition) is 5. The molecule has 0 fully saturated rings. The summed E-state index contributed by atoms with van der Waals surface area (Å²) in [5, 5.41) is 3.68. The van der Waals surface area contributed by atoms with Crippen LogP contribution in [0, 0.1) is 5.82 Å². The fourth-order valence-corrected chi connectivity index (χ4v) is 3.82. The average molecular weight is 428 g/mol. The standard InChI is InChI=1S/C20H15ClFN5OS/c1-27-17(10-12-9-13(22)11-16(21)18(12)27)19(28)25-14-3-5-15(6-4-14)29-26-20-23-7-2-8-24-20/h2-11H,1H3,(H,25,28)(H,23,24,26). The molecule has 0 bridgehead atoms. The third-order valence-corrected chi connectivity index (χ3v) is 5.30. The van der Waals surface area contributed by atoms with Crippen LogP contribution in [-0.2, 0) is 7.05 Å². The van der Waals surface area contributed by atoms with Crippen LogP contribution in [0.3, 0.4) is 0 Å². The first-order valence-corrected chi connectivity index (χ1v) is 9.76. The number of nitrogens with zero attached hydrogens (tertiary/aromatic N) is 3. The molecule has 2 heterocycles. The molecule has 2 aromatic carbocycles. The lowest BCUT2D eigenvalue weighted by molar-refractivity contribution is 0.102. The maximum Gasteiger partial charge on any atom is 0.272 e. The Morgan fingerprint density at radius 1 is 1.14 bits per heavy atom. The molecule has 4 rings (SSSR count). The Bertz CT molecular complexity index is 1180. The SMILES string of the molecule is Cn1c(C(=O)Nc2ccc(SNc3ncccn3)cc2)cc2cc(F)cc(Cl)c21. The fourth-order valence-electron chi connectivity index (χ4n) is 2.89. The highest BCUT2D eigenvalue weighted by molar-refractivity contribution is 8.00. The van der Waals surface area contributed by atoms with E-state index in [1.807, 2.05) is 12.1 Å². The highest BCUT2D eigenvalue weighted by atomic mass is 35.5. The molecule has 0 aliphatic carbocycles. The molecule has 1 amide bonds. The summed E-state index contributed by atoms with van der Waals surface area (Å²) in [6.45, 7) is 0. The number of carbonyl (C=O) groups is 1. The van der Waals surface area contributed by atoms with Gasteiger partial charge in [-0.15, -0.1) is 0 Å². The summed E-state index contributed by atoms with van der Waals surface area (Å²) in [5.74, 6) is -0.236. The molecule has 2 N–H and O–H groups in total. The maximum atomic E-state index is 13.6. The largest absolute Gasteiger partial charge is 0.338 e. The van der Waals surface area contributed by atoms with Gasteiger partial charge in [-0.25, -0.2) is 14.4 Å². The van der Waals surface area contributed by atoms with Gasteiger partial charge in [-0.1, -0.05) is 11.6 Å². The van der Waals surface area contributed by atoms with Crippen molar-refractivity contribution < 1.29 is 9.18 Å². The number of fused-ring (bicyclic) bond motifs is 1. The summed E-state index contributed by atoms with van der Waals surface area (Å²) in [4.78, 5) is 21.8. The number of rotatable bonds is 5. The predicted octanol–water partition coefficient (Wildman–Crippen LogP) is 5.13. The van der Waals surface area contributed by atoms with Gasteiger partial charge in [0.05, 0.1) is 10.5 Å². The second-order valence-electron chi connectivity index (χ2n) is 6.17. The van der Waals surface area contributed by atoms with Crippen LogP contribution in [0.4, 0.5) is 16.0 Å². The van der Waals surface area contributed by atoms with Gasteiger partial charge in [0.2, 0.25) is 5.95 Å². The van der Waals surface area contributed by atoms with E-state index in [-0.39, 0.29) is 10.9 Å². The molecule has 6 nitrogen and oxygen atoms in total. The van der Waals surface area contributed by atoms with Crippen molar-refractivity contribution in [3.63, 3.8) is 0 Å². The number of aromatic nitrogens is 3. The van der Waals surface area contributed by atoms with Crippen LogP contribution >= 0.6 is 23.5 Å². The van der Waals surface area contributed by atoms with Gasteiger partial charge >= 0.3 is 0 Å². The molecule has 29 heavy (non-hydrogen) atoms. The first-order chi connectivity index (χ1) is 14.0. The van der Waals surface area contributed by atoms with Gasteiger partial charge in [0, 0.05) is 35.4 Å². The molecule has 0 aliphatic rings. The summed E-state index contributed by atoms with van der Waals surface area (Å²) in [7, 11) is 1.72. The van der Waals surface area contributed by atoms with E-state index in [0.717, 1.165) is 4.90 Å². The van der Waals surface area contributed by atoms with E-state index in [1.165, 1.54) is 24.1 Å². The summed E-state index contributed by atoms with van der Waals surface area (Å²) < 4.78 is 18.3. The summed E-state index contributed by atoms with van der Waals surface area (Å²) in [5.41, 5.74) is 1.63. The molecule has 0 saturated heterocycles. The van der Waals surface area contributed by atoms with Crippen molar-refractivity contribution in [3.8, 4) is 0 Å². The number of anilines is 2. The first kappa shape index (κ1) is 19.2. The van der Waals surface area contributed by atoms with E-state index in [1.54, 1.807) is 48.3 Å². The third-order valence-electron chi connectivity index (χ3n) is 4.22. The summed E-state index contributed by atoms with van der Waals surface area (Å²) in [6.07, 6.45) is 3.31. The zero-order chi connectivity index (χ0) is 20.4. The van der Waals surface area contributed by atoms with Gasteiger partial charge in [-0.2, -0.15) is 0 Å². The highest BCUT2D eigenvalue weighted by Gasteiger charge is 2.16. The molecule has 0 saturated carbocycles. The van der Waals surface area contributed by atoms with Crippen LogP contribution in [0.1, 0.15) is 10.5 Å². The molecule has 0 spiro atoms. The van der Waals surface area contributed by atoms with Gasteiger partial charge in [-0.3, -0.25) is 9.52 Å². The van der Waals surface area contributed by atoms with E-state index in [9.17, 15) is 9.18 Å². The van der Waals surface area contributed by atoms with Crippen LogP contribution in [0.2, 0.25) is 5.02 Å². The number of benzene rings is 2. The van der Waals surface area contributed by atoms with Gasteiger partial charge in [-0.05, 0) is 60.5 Å². The summed E-state index contributed by atoms with van der Waals surface area (Å²) in [6, 6.07) is 13.3. The van der Waals surface area contributed by atoms with Crippen LogP contribution in [0.5, 0.6) is 0 Å².